The van der Waals surface area contributed by atoms with Crippen LogP contribution in [0.15, 0.2) is 29.8 Å². The summed E-state index contributed by atoms with van der Waals surface area (Å²) in [6.45, 7) is 0. The van der Waals surface area contributed by atoms with Crippen LogP contribution in [-0.2, 0) is 9.59 Å². The van der Waals surface area contributed by atoms with E-state index in [4.69, 9.17) is 4.74 Å². The molecule has 0 bridgehead atoms. The van der Waals surface area contributed by atoms with Crippen molar-refractivity contribution in [2.24, 2.45) is 0 Å². The predicted molar refractivity (Wildman–Crippen MR) is 62.7 cm³/mol. The summed E-state index contributed by atoms with van der Waals surface area (Å²) in [6, 6.07) is 6.00. The van der Waals surface area contributed by atoms with Gasteiger partial charge in [-0.3, -0.25) is 20.2 Å². The molecule has 0 saturated carbocycles. The minimum atomic E-state index is -0.808. The molecule has 1 aromatic carbocycles. The van der Waals surface area contributed by atoms with E-state index < -0.39 is 17.8 Å². The van der Waals surface area contributed by atoms with Crippen LogP contribution in [0.1, 0.15) is 5.56 Å². The Bertz CT molecular complexity index is 524. The summed E-state index contributed by atoms with van der Waals surface area (Å²) in [6.07, 6.45) is 1.40. The van der Waals surface area contributed by atoms with Crippen LogP contribution in [-0.4, -0.2) is 25.0 Å². The van der Waals surface area contributed by atoms with Gasteiger partial charge in [0.2, 0.25) is 0 Å². The number of urea groups is 1. The molecule has 18 heavy (non-hydrogen) atoms. The van der Waals surface area contributed by atoms with Gasteiger partial charge in [0.15, 0.2) is 0 Å². The van der Waals surface area contributed by atoms with Gasteiger partial charge < -0.3 is 4.74 Å². The average molecular weight is 246 g/mol. The van der Waals surface area contributed by atoms with Gasteiger partial charge in [-0.05, 0) is 23.8 Å². The zero-order valence-corrected chi connectivity index (χ0v) is 9.52. The number of carbonyl (C=O) groups excluding carboxylic acids is 3. The molecule has 1 heterocycles. The lowest BCUT2D eigenvalue weighted by Gasteiger charge is -2.13. The lowest BCUT2D eigenvalue weighted by molar-refractivity contribution is -0.123. The number of nitrogens with one attached hydrogen (secondary N) is 2. The fourth-order valence-electron chi connectivity index (χ4n) is 1.47. The maximum atomic E-state index is 11.5. The summed E-state index contributed by atoms with van der Waals surface area (Å²) in [7, 11) is 1.54. The van der Waals surface area contributed by atoms with Crippen molar-refractivity contribution in [3.05, 3.63) is 35.4 Å². The van der Waals surface area contributed by atoms with Crippen molar-refractivity contribution in [3.63, 3.8) is 0 Å². The fourth-order valence-corrected chi connectivity index (χ4v) is 1.47. The van der Waals surface area contributed by atoms with E-state index in [0.29, 0.717) is 11.3 Å². The number of ether oxygens (including phenoxy) is 1. The highest BCUT2D eigenvalue weighted by Gasteiger charge is 2.27. The lowest BCUT2D eigenvalue weighted by atomic mass is 10.1. The Morgan fingerprint density at radius 2 is 1.56 bits per heavy atom. The van der Waals surface area contributed by atoms with Crippen LogP contribution < -0.4 is 15.4 Å². The Hall–Kier alpha value is -2.63. The Morgan fingerprint density at radius 1 is 1.00 bits per heavy atom. The SMILES string of the molecule is COc1ccc(C=C2C(=O)NC(=O)NC2=O)cc1. The van der Waals surface area contributed by atoms with Crippen LogP contribution in [0.2, 0.25) is 0 Å². The molecule has 92 valence electrons. The lowest BCUT2D eigenvalue weighted by Crippen LogP contribution is -2.51. The fraction of sp³-hybridized carbons (Fsp3) is 0.0833. The molecule has 6 nitrogen and oxygen atoms in total. The zero-order chi connectivity index (χ0) is 13.1. The molecule has 0 aliphatic carbocycles. The normalized spacial score (nSPS) is 14.9. The van der Waals surface area contributed by atoms with Crippen molar-refractivity contribution in [3.8, 4) is 5.75 Å². The van der Waals surface area contributed by atoms with Crippen LogP contribution in [0.5, 0.6) is 5.75 Å². The Morgan fingerprint density at radius 3 is 2.06 bits per heavy atom. The highest BCUT2D eigenvalue weighted by molar-refractivity contribution is 6.31. The topological polar surface area (TPSA) is 84.5 Å². The van der Waals surface area contributed by atoms with Crippen molar-refractivity contribution in [1.82, 2.24) is 10.6 Å². The molecule has 6 heteroatoms. The van der Waals surface area contributed by atoms with Gasteiger partial charge >= 0.3 is 6.03 Å². The van der Waals surface area contributed by atoms with Gasteiger partial charge in [-0.15, -0.1) is 0 Å². The minimum Gasteiger partial charge on any atom is -0.497 e. The number of carbonyl (C=O) groups is 3. The van der Waals surface area contributed by atoms with E-state index in [0.717, 1.165) is 0 Å². The molecule has 1 saturated heterocycles. The van der Waals surface area contributed by atoms with E-state index in [1.54, 1.807) is 31.4 Å². The van der Waals surface area contributed by atoms with Gasteiger partial charge in [0.25, 0.3) is 11.8 Å². The third-order valence-corrected chi connectivity index (χ3v) is 2.37. The molecule has 4 amide bonds. The van der Waals surface area contributed by atoms with Crippen LogP contribution in [0.4, 0.5) is 4.79 Å². The first kappa shape index (κ1) is 11.8. The number of imide groups is 2. The molecule has 1 aromatic rings. The van der Waals surface area contributed by atoms with Gasteiger partial charge in [0.1, 0.15) is 11.3 Å². The van der Waals surface area contributed by atoms with E-state index in [1.807, 2.05) is 10.6 Å². The van der Waals surface area contributed by atoms with Crippen LogP contribution in [0, 0.1) is 0 Å². The zero-order valence-electron chi connectivity index (χ0n) is 9.52. The Balaban J connectivity index is 2.28. The number of amides is 4. The molecule has 1 fully saturated rings. The first-order chi connectivity index (χ1) is 8.60. The van der Waals surface area contributed by atoms with Gasteiger partial charge in [0.05, 0.1) is 7.11 Å². The van der Waals surface area contributed by atoms with E-state index in [2.05, 4.69) is 0 Å². The quantitative estimate of drug-likeness (QED) is 0.586. The molecule has 2 rings (SSSR count). The van der Waals surface area contributed by atoms with E-state index in [1.165, 1.54) is 6.08 Å². The van der Waals surface area contributed by atoms with Gasteiger partial charge in [0, 0.05) is 0 Å². The first-order valence-corrected chi connectivity index (χ1v) is 5.12. The average Bonchev–Trinajstić information content (AvgIpc) is 2.34. The number of hydrogen-bond acceptors (Lipinski definition) is 4. The highest BCUT2D eigenvalue weighted by Crippen LogP contribution is 2.14. The summed E-state index contributed by atoms with van der Waals surface area (Å²) < 4.78 is 4.99. The van der Waals surface area contributed by atoms with E-state index in [9.17, 15) is 14.4 Å². The molecule has 2 N–H and O–H groups in total. The third kappa shape index (κ3) is 2.37. The predicted octanol–water partition coefficient (Wildman–Crippen LogP) is 0.445. The van der Waals surface area contributed by atoms with Crippen molar-refractivity contribution >= 4 is 23.9 Å². The van der Waals surface area contributed by atoms with Gasteiger partial charge in [-0.2, -0.15) is 0 Å². The number of hydrogen-bond donors (Lipinski definition) is 2. The summed E-state index contributed by atoms with van der Waals surface area (Å²) in [5.41, 5.74) is 0.546. The maximum Gasteiger partial charge on any atom is 0.328 e. The molecule has 0 spiro atoms. The minimum absolute atomic E-state index is 0.111. The van der Waals surface area contributed by atoms with Crippen molar-refractivity contribution in [1.29, 1.82) is 0 Å². The molecule has 0 unspecified atom stereocenters. The Labute approximate surface area is 103 Å². The molecule has 1 aliphatic heterocycles. The summed E-state index contributed by atoms with van der Waals surface area (Å²) in [5, 5.41) is 4.00. The summed E-state index contributed by atoms with van der Waals surface area (Å²) >= 11 is 0. The molecule has 0 radical (unpaired) electrons. The Kier molecular flexibility index (Phi) is 3.09. The third-order valence-electron chi connectivity index (χ3n) is 2.37. The first-order valence-electron chi connectivity index (χ1n) is 5.12. The van der Waals surface area contributed by atoms with Crippen molar-refractivity contribution in [2.45, 2.75) is 0 Å². The molecule has 1 aliphatic rings. The summed E-state index contributed by atoms with van der Waals surface area (Å²) in [5.74, 6) is -0.746. The highest BCUT2D eigenvalue weighted by atomic mass is 16.5. The van der Waals surface area contributed by atoms with Crippen LogP contribution in [0.25, 0.3) is 6.08 Å². The number of methoxy groups -OCH3 is 1. The van der Waals surface area contributed by atoms with Crippen LogP contribution in [0.3, 0.4) is 0 Å². The molecular formula is C12H10N2O4. The molecular weight excluding hydrogens is 236 g/mol. The molecule has 0 atom stereocenters. The van der Waals surface area contributed by atoms with Crippen LogP contribution >= 0.6 is 0 Å². The van der Waals surface area contributed by atoms with Gasteiger partial charge in [-0.25, -0.2) is 4.79 Å². The second-order valence-electron chi connectivity index (χ2n) is 3.57. The number of benzene rings is 1. The van der Waals surface area contributed by atoms with Crippen molar-refractivity contribution in [2.75, 3.05) is 7.11 Å². The van der Waals surface area contributed by atoms with Gasteiger partial charge in [-0.1, -0.05) is 12.1 Å². The second kappa shape index (κ2) is 4.70. The summed E-state index contributed by atoms with van der Waals surface area (Å²) in [4.78, 5) is 33.8. The van der Waals surface area contributed by atoms with Crippen molar-refractivity contribution < 1.29 is 19.1 Å². The van der Waals surface area contributed by atoms with E-state index in [-0.39, 0.29) is 5.57 Å². The second-order valence-corrected chi connectivity index (χ2v) is 3.57. The van der Waals surface area contributed by atoms with E-state index >= 15 is 0 Å². The largest absolute Gasteiger partial charge is 0.497 e. The number of barbiturate groups is 1. The molecule has 0 aromatic heterocycles. The maximum absolute atomic E-state index is 11.5. The monoisotopic (exact) mass is 246 g/mol. The number of rotatable bonds is 2. The smallest absolute Gasteiger partial charge is 0.328 e. The standard InChI is InChI=1S/C12H10N2O4/c1-18-8-4-2-7(3-5-8)6-9-10(15)13-12(17)14-11(9)16/h2-6H,1H3,(H2,13,14,15,16,17).